The Morgan fingerprint density at radius 3 is 2.71 bits per heavy atom. The van der Waals surface area contributed by atoms with Crippen LogP contribution in [0.15, 0.2) is 39.5 Å². The number of carbonyl (C=O) groups is 1. The number of hydrogen-bond donors (Lipinski definition) is 1. The number of benzene rings is 1. The highest BCUT2D eigenvalue weighted by Crippen LogP contribution is 2.18. The highest BCUT2D eigenvalue weighted by atomic mass is 79.9. The van der Waals surface area contributed by atoms with Gasteiger partial charge in [-0.25, -0.2) is 0 Å². The fraction of sp³-hybridized carbons (Fsp3) is 0.0909. The number of carbonyl (C=O) groups excluding carboxylic acids is 1. The minimum absolute atomic E-state index is 0.424. The van der Waals surface area contributed by atoms with E-state index >= 15 is 0 Å². The van der Waals surface area contributed by atoms with E-state index in [4.69, 9.17) is 5.73 Å². The van der Waals surface area contributed by atoms with E-state index in [1.807, 2.05) is 18.2 Å². The molecule has 0 saturated carbocycles. The van der Waals surface area contributed by atoms with Gasteiger partial charge in [-0.1, -0.05) is 12.1 Å². The van der Waals surface area contributed by atoms with Crippen molar-refractivity contribution in [1.82, 2.24) is 9.78 Å². The van der Waals surface area contributed by atoms with E-state index < -0.39 is 5.91 Å². The van der Waals surface area contributed by atoms with Crippen LogP contribution in [0.1, 0.15) is 15.9 Å². The van der Waals surface area contributed by atoms with Gasteiger partial charge in [-0.05, 0) is 49.6 Å². The average Bonchev–Trinajstić information content (AvgIpc) is 2.58. The van der Waals surface area contributed by atoms with Gasteiger partial charge in [0.15, 0.2) is 0 Å². The molecule has 2 N–H and O–H groups in total. The van der Waals surface area contributed by atoms with Crippen molar-refractivity contribution in [3.63, 3.8) is 0 Å². The summed E-state index contributed by atoms with van der Waals surface area (Å²) in [5, 5.41) is 4.25. The first-order valence-corrected chi connectivity index (χ1v) is 6.42. The second-order valence-corrected chi connectivity index (χ2v) is 5.14. The van der Waals surface area contributed by atoms with Gasteiger partial charge in [0.25, 0.3) is 0 Å². The van der Waals surface area contributed by atoms with E-state index in [9.17, 15) is 4.79 Å². The fourth-order valence-electron chi connectivity index (χ4n) is 1.47. The van der Waals surface area contributed by atoms with Gasteiger partial charge in [-0.2, -0.15) is 5.10 Å². The van der Waals surface area contributed by atoms with Crippen molar-refractivity contribution in [2.24, 2.45) is 5.73 Å². The molecule has 0 saturated heterocycles. The Kier molecular flexibility index (Phi) is 3.63. The Morgan fingerprint density at radius 1 is 1.35 bits per heavy atom. The number of rotatable bonds is 3. The van der Waals surface area contributed by atoms with Gasteiger partial charge in [-0.15, -0.1) is 0 Å². The number of primary amides is 1. The lowest BCUT2D eigenvalue weighted by atomic mass is 10.1. The molecule has 0 aliphatic rings. The molecule has 88 valence electrons. The van der Waals surface area contributed by atoms with Crippen molar-refractivity contribution in [2.75, 3.05) is 0 Å². The number of amides is 1. The zero-order chi connectivity index (χ0) is 12.4. The Bertz CT molecular complexity index is 566. The molecule has 2 rings (SSSR count). The lowest BCUT2D eigenvalue weighted by Gasteiger charge is -2.04. The van der Waals surface area contributed by atoms with Crippen LogP contribution in [-0.2, 0) is 6.54 Å². The van der Waals surface area contributed by atoms with Crippen molar-refractivity contribution in [2.45, 2.75) is 6.54 Å². The standard InChI is InChI=1S/C11H9Br2N3O/c12-9-5-10(13)16(15-9)6-7-2-1-3-8(4-7)11(14)17/h1-5H,6H2,(H2,14,17). The molecule has 2 aromatic rings. The number of nitrogens with zero attached hydrogens (tertiary/aromatic N) is 2. The maximum absolute atomic E-state index is 11.1. The van der Waals surface area contributed by atoms with Crippen LogP contribution in [0.25, 0.3) is 0 Å². The first kappa shape index (κ1) is 12.3. The van der Waals surface area contributed by atoms with Crippen molar-refractivity contribution < 1.29 is 4.79 Å². The van der Waals surface area contributed by atoms with E-state index in [1.54, 1.807) is 16.8 Å². The molecule has 0 unspecified atom stereocenters. The van der Waals surface area contributed by atoms with Crippen LogP contribution >= 0.6 is 31.9 Å². The van der Waals surface area contributed by atoms with E-state index in [2.05, 4.69) is 37.0 Å². The number of aromatic nitrogens is 2. The average molecular weight is 359 g/mol. The minimum atomic E-state index is -0.424. The second-order valence-electron chi connectivity index (χ2n) is 3.51. The minimum Gasteiger partial charge on any atom is -0.366 e. The summed E-state index contributed by atoms with van der Waals surface area (Å²) in [5.41, 5.74) is 6.71. The smallest absolute Gasteiger partial charge is 0.248 e. The second kappa shape index (κ2) is 5.01. The predicted molar refractivity (Wildman–Crippen MR) is 71.7 cm³/mol. The molecule has 4 nitrogen and oxygen atoms in total. The molecule has 0 atom stereocenters. The molecule has 1 amide bonds. The van der Waals surface area contributed by atoms with Gasteiger partial charge in [0, 0.05) is 11.6 Å². The zero-order valence-corrected chi connectivity index (χ0v) is 11.9. The first-order valence-electron chi connectivity index (χ1n) is 4.84. The zero-order valence-electron chi connectivity index (χ0n) is 8.73. The molecule has 1 aromatic heterocycles. The molecule has 0 radical (unpaired) electrons. The molecule has 0 aliphatic carbocycles. The van der Waals surface area contributed by atoms with Crippen LogP contribution in [0.2, 0.25) is 0 Å². The van der Waals surface area contributed by atoms with Gasteiger partial charge in [-0.3, -0.25) is 9.48 Å². The Labute approximate surface area is 115 Å². The monoisotopic (exact) mass is 357 g/mol. The molecule has 1 aromatic carbocycles. The molecule has 6 heteroatoms. The van der Waals surface area contributed by atoms with E-state index in [0.29, 0.717) is 12.1 Å². The van der Waals surface area contributed by atoms with Crippen LogP contribution < -0.4 is 5.73 Å². The summed E-state index contributed by atoms with van der Waals surface area (Å²) in [6.07, 6.45) is 0. The van der Waals surface area contributed by atoms with Crippen molar-refractivity contribution in [1.29, 1.82) is 0 Å². The van der Waals surface area contributed by atoms with Crippen LogP contribution in [0.3, 0.4) is 0 Å². The van der Waals surface area contributed by atoms with Crippen LogP contribution in [-0.4, -0.2) is 15.7 Å². The number of halogens is 2. The maximum Gasteiger partial charge on any atom is 0.248 e. The molecule has 0 aliphatic heterocycles. The Balaban J connectivity index is 2.27. The van der Waals surface area contributed by atoms with E-state index in [1.165, 1.54) is 0 Å². The highest BCUT2D eigenvalue weighted by Gasteiger charge is 2.06. The molecule has 0 spiro atoms. The quantitative estimate of drug-likeness (QED) is 0.916. The normalized spacial score (nSPS) is 10.5. The van der Waals surface area contributed by atoms with Crippen LogP contribution in [0.5, 0.6) is 0 Å². The number of nitrogens with two attached hydrogens (primary N) is 1. The number of hydrogen-bond acceptors (Lipinski definition) is 2. The largest absolute Gasteiger partial charge is 0.366 e. The third kappa shape index (κ3) is 2.95. The highest BCUT2D eigenvalue weighted by molar-refractivity contribution is 9.11. The lowest BCUT2D eigenvalue weighted by Crippen LogP contribution is -2.11. The third-order valence-electron chi connectivity index (χ3n) is 2.24. The summed E-state index contributed by atoms with van der Waals surface area (Å²) >= 11 is 6.70. The summed E-state index contributed by atoms with van der Waals surface area (Å²) in [4.78, 5) is 11.1. The summed E-state index contributed by atoms with van der Waals surface area (Å²) < 4.78 is 3.41. The van der Waals surface area contributed by atoms with Crippen LogP contribution in [0, 0.1) is 0 Å². The SMILES string of the molecule is NC(=O)c1cccc(Cn2nc(Br)cc2Br)c1. The summed E-state index contributed by atoms with van der Waals surface area (Å²) in [7, 11) is 0. The van der Waals surface area contributed by atoms with Crippen molar-refractivity contribution >= 4 is 37.8 Å². The molecular weight excluding hydrogens is 350 g/mol. The van der Waals surface area contributed by atoms with Crippen molar-refractivity contribution in [3.05, 3.63) is 50.7 Å². The summed E-state index contributed by atoms with van der Waals surface area (Å²) in [6.45, 7) is 0.577. The van der Waals surface area contributed by atoms with E-state index in [-0.39, 0.29) is 0 Å². The molecule has 0 bridgehead atoms. The summed E-state index contributed by atoms with van der Waals surface area (Å²) in [6, 6.07) is 9.05. The van der Waals surface area contributed by atoms with Crippen molar-refractivity contribution in [3.8, 4) is 0 Å². The van der Waals surface area contributed by atoms with Gasteiger partial charge in [0.1, 0.15) is 9.21 Å². The lowest BCUT2D eigenvalue weighted by molar-refractivity contribution is 0.1000. The predicted octanol–water partition coefficient (Wildman–Crippen LogP) is 2.56. The fourth-order valence-corrected chi connectivity index (χ4v) is 2.61. The van der Waals surface area contributed by atoms with Gasteiger partial charge in [0.2, 0.25) is 5.91 Å². The van der Waals surface area contributed by atoms with Gasteiger partial charge >= 0.3 is 0 Å². The molecule has 0 fully saturated rings. The van der Waals surface area contributed by atoms with E-state index in [0.717, 1.165) is 14.8 Å². The third-order valence-corrected chi connectivity index (χ3v) is 3.27. The van der Waals surface area contributed by atoms with Gasteiger partial charge < -0.3 is 5.73 Å². The summed E-state index contributed by atoms with van der Waals surface area (Å²) in [5.74, 6) is -0.424. The molecular formula is C11H9Br2N3O. The molecule has 1 heterocycles. The topological polar surface area (TPSA) is 60.9 Å². The van der Waals surface area contributed by atoms with Crippen LogP contribution in [0.4, 0.5) is 0 Å². The Hall–Kier alpha value is -1.14. The van der Waals surface area contributed by atoms with Gasteiger partial charge in [0.05, 0.1) is 6.54 Å². The Morgan fingerprint density at radius 2 is 2.12 bits per heavy atom. The molecule has 17 heavy (non-hydrogen) atoms. The first-order chi connectivity index (χ1) is 8.06. The maximum atomic E-state index is 11.1.